The molecular formula is C13H10BrFN4. The highest BCUT2D eigenvalue weighted by Gasteiger charge is 2.12. The lowest BCUT2D eigenvalue weighted by molar-refractivity contribution is 0.628. The zero-order valence-corrected chi connectivity index (χ0v) is 11.9. The molecule has 0 saturated heterocycles. The quantitative estimate of drug-likeness (QED) is 0.918. The summed E-state index contributed by atoms with van der Waals surface area (Å²) in [7, 11) is 0. The number of nitrogens with zero attached hydrogens (tertiary/aromatic N) is 3. The van der Waals surface area contributed by atoms with Gasteiger partial charge in [-0.25, -0.2) is 4.39 Å². The summed E-state index contributed by atoms with van der Waals surface area (Å²) in [5.74, 6) is -0.0575. The molecule has 1 aromatic heterocycles. The molecule has 0 unspecified atom stereocenters. The van der Waals surface area contributed by atoms with Crippen LogP contribution in [0, 0.1) is 31.0 Å². The number of aromatic nitrogens is 2. The van der Waals surface area contributed by atoms with Crippen molar-refractivity contribution in [1.82, 2.24) is 10.2 Å². The molecule has 1 N–H and O–H groups in total. The summed E-state index contributed by atoms with van der Waals surface area (Å²) in [5, 5.41) is 20.0. The number of nitriles is 1. The highest BCUT2D eigenvalue weighted by Crippen LogP contribution is 2.28. The SMILES string of the molecule is Cc1nnc(Nc2cc(F)ccc2Br)c(C#N)c1C. The van der Waals surface area contributed by atoms with Gasteiger partial charge in [-0.2, -0.15) is 10.4 Å². The van der Waals surface area contributed by atoms with E-state index >= 15 is 0 Å². The maximum absolute atomic E-state index is 13.2. The van der Waals surface area contributed by atoms with Crippen molar-refractivity contribution in [3.8, 4) is 6.07 Å². The molecule has 0 aliphatic carbocycles. The van der Waals surface area contributed by atoms with Crippen LogP contribution in [0.15, 0.2) is 22.7 Å². The van der Waals surface area contributed by atoms with Crippen LogP contribution in [0.4, 0.5) is 15.9 Å². The Bertz CT molecular complexity index is 679. The Morgan fingerprint density at radius 3 is 2.74 bits per heavy atom. The van der Waals surface area contributed by atoms with Gasteiger partial charge < -0.3 is 5.32 Å². The van der Waals surface area contributed by atoms with Gasteiger partial charge in [-0.15, -0.1) is 5.10 Å². The molecule has 0 aliphatic heterocycles. The smallest absolute Gasteiger partial charge is 0.171 e. The Labute approximate surface area is 118 Å². The first-order chi connectivity index (χ1) is 9.02. The minimum absolute atomic E-state index is 0.317. The van der Waals surface area contributed by atoms with Gasteiger partial charge in [0.05, 0.1) is 11.4 Å². The molecule has 4 nitrogen and oxygen atoms in total. The summed E-state index contributed by atoms with van der Waals surface area (Å²) < 4.78 is 13.9. The first kappa shape index (κ1) is 13.4. The van der Waals surface area contributed by atoms with E-state index in [2.05, 4.69) is 37.5 Å². The fraction of sp³-hybridized carbons (Fsp3) is 0.154. The molecule has 2 aromatic rings. The predicted octanol–water partition coefficient (Wildman–Crippen LogP) is 3.61. The van der Waals surface area contributed by atoms with E-state index in [0.29, 0.717) is 27.2 Å². The molecule has 1 heterocycles. The fourth-order valence-corrected chi connectivity index (χ4v) is 1.90. The average Bonchev–Trinajstić information content (AvgIpc) is 2.38. The third-order valence-corrected chi connectivity index (χ3v) is 3.44. The van der Waals surface area contributed by atoms with Crippen LogP contribution < -0.4 is 5.32 Å². The Hall–Kier alpha value is -2.00. The summed E-state index contributed by atoms with van der Waals surface area (Å²) in [6, 6.07) is 6.33. The van der Waals surface area contributed by atoms with E-state index in [0.717, 1.165) is 5.56 Å². The molecule has 96 valence electrons. The number of benzene rings is 1. The third kappa shape index (κ3) is 2.71. The van der Waals surface area contributed by atoms with Crippen LogP contribution in [0.5, 0.6) is 0 Å². The van der Waals surface area contributed by atoms with E-state index in [4.69, 9.17) is 0 Å². The number of aryl methyl sites for hydroxylation is 1. The standard InChI is InChI=1S/C13H10BrFN4/c1-7-8(2)18-19-13(10(7)6-16)17-12-5-9(15)3-4-11(12)14/h3-5H,1-2H3,(H,17,19). The number of hydrogen-bond donors (Lipinski definition) is 1. The Morgan fingerprint density at radius 2 is 2.05 bits per heavy atom. The van der Waals surface area contributed by atoms with Crippen LogP contribution >= 0.6 is 15.9 Å². The van der Waals surface area contributed by atoms with Crippen LogP contribution in [-0.2, 0) is 0 Å². The molecule has 1 aromatic carbocycles. The zero-order valence-electron chi connectivity index (χ0n) is 10.3. The second-order valence-corrected chi connectivity index (χ2v) is 4.85. The summed E-state index contributed by atoms with van der Waals surface area (Å²) in [6.07, 6.45) is 0. The number of anilines is 2. The van der Waals surface area contributed by atoms with Gasteiger partial charge in [0, 0.05) is 4.47 Å². The Balaban J connectivity index is 2.47. The molecule has 0 atom stereocenters. The van der Waals surface area contributed by atoms with E-state index in [-0.39, 0.29) is 5.82 Å². The Kier molecular flexibility index (Phi) is 3.76. The molecule has 0 radical (unpaired) electrons. The van der Waals surface area contributed by atoms with Crippen LogP contribution in [-0.4, -0.2) is 10.2 Å². The summed E-state index contributed by atoms with van der Waals surface area (Å²) >= 11 is 3.31. The number of rotatable bonds is 2. The minimum Gasteiger partial charge on any atom is -0.337 e. The van der Waals surface area contributed by atoms with Crippen molar-refractivity contribution < 1.29 is 4.39 Å². The lowest BCUT2D eigenvalue weighted by Gasteiger charge is -2.10. The van der Waals surface area contributed by atoms with Crippen molar-refractivity contribution in [3.05, 3.63) is 45.3 Å². The van der Waals surface area contributed by atoms with E-state index in [1.54, 1.807) is 19.9 Å². The molecule has 19 heavy (non-hydrogen) atoms. The fourth-order valence-electron chi connectivity index (χ4n) is 1.55. The van der Waals surface area contributed by atoms with E-state index in [1.807, 2.05) is 0 Å². The van der Waals surface area contributed by atoms with E-state index < -0.39 is 0 Å². The first-order valence-electron chi connectivity index (χ1n) is 5.49. The molecule has 0 aliphatic rings. The van der Waals surface area contributed by atoms with Gasteiger partial charge in [-0.1, -0.05) is 0 Å². The maximum Gasteiger partial charge on any atom is 0.171 e. The van der Waals surface area contributed by atoms with Gasteiger partial charge in [0.1, 0.15) is 17.4 Å². The van der Waals surface area contributed by atoms with Gasteiger partial charge in [0.2, 0.25) is 0 Å². The van der Waals surface area contributed by atoms with Crippen molar-refractivity contribution in [2.45, 2.75) is 13.8 Å². The zero-order chi connectivity index (χ0) is 14.0. The van der Waals surface area contributed by atoms with Crippen molar-refractivity contribution >= 4 is 27.4 Å². The monoisotopic (exact) mass is 320 g/mol. The molecule has 0 bridgehead atoms. The topological polar surface area (TPSA) is 61.6 Å². The molecule has 0 saturated carbocycles. The van der Waals surface area contributed by atoms with E-state index in [9.17, 15) is 9.65 Å². The highest BCUT2D eigenvalue weighted by molar-refractivity contribution is 9.10. The molecular weight excluding hydrogens is 311 g/mol. The number of nitrogens with one attached hydrogen (secondary N) is 1. The van der Waals surface area contributed by atoms with Gasteiger partial charge in [0.15, 0.2) is 5.82 Å². The second kappa shape index (κ2) is 5.33. The van der Waals surface area contributed by atoms with Crippen LogP contribution in [0.1, 0.15) is 16.8 Å². The van der Waals surface area contributed by atoms with Gasteiger partial charge >= 0.3 is 0 Å². The minimum atomic E-state index is -0.374. The normalized spacial score (nSPS) is 10.1. The van der Waals surface area contributed by atoms with Crippen molar-refractivity contribution in [2.24, 2.45) is 0 Å². The first-order valence-corrected chi connectivity index (χ1v) is 6.28. The number of halogens is 2. The summed E-state index contributed by atoms with van der Waals surface area (Å²) in [4.78, 5) is 0. The summed E-state index contributed by atoms with van der Waals surface area (Å²) in [5.41, 5.74) is 2.35. The molecule has 6 heteroatoms. The molecule has 0 amide bonds. The lowest BCUT2D eigenvalue weighted by atomic mass is 10.1. The second-order valence-electron chi connectivity index (χ2n) is 3.99. The van der Waals surface area contributed by atoms with Gasteiger partial charge in [0.25, 0.3) is 0 Å². The van der Waals surface area contributed by atoms with Gasteiger partial charge in [-0.05, 0) is 53.5 Å². The van der Waals surface area contributed by atoms with Crippen molar-refractivity contribution in [2.75, 3.05) is 5.32 Å². The van der Waals surface area contributed by atoms with Crippen LogP contribution in [0.3, 0.4) is 0 Å². The number of hydrogen-bond acceptors (Lipinski definition) is 4. The van der Waals surface area contributed by atoms with Crippen LogP contribution in [0.2, 0.25) is 0 Å². The summed E-state index contributed by atoms with van der Waals surface area (Å²) in [6.45, 7) is 3.58. The average molecular weight is 321 g/mol. The third-order valence-electron chi connectivity index (χ3n) is 2.75. The highest BCUT2D eigenvalue weighted by atomic mass is 79.9. The maximum atomic E-state index is 13.2. The lowest BCUT2D eigenvalue weighted by Crippen LogP contribution is -2.04. The largest absolute Gasteiger partial charge is 0.337 e. The van der Waals surface area contributed by atoms with Crippen molar-refractivity contribution in [3.63, 3.8) is 0 Å². The molecule has 0 spiro atoms. The van der Waals surface area contributed by atoms with E-state index in [1.165, 1.54) is 12.1 Å². The Morgan fingerprint density at radius 1 is 1.32 bits per heavy atom. The molecule has 2 rings (SSSR count). The van der Waals surface area contributed by atoms with Crippen molar-refractivity contribution in [1.29, 1.82) is 5.26 Å². The molecule has 0 fully saturated rings. The van der Waals surface area contributed by atoms with Gasteiger partial charge in [-0.3, -0.25) is 0 Å². The van der Waals surface area contributed by atoms with Crippen LogP contribution in [0.25, 0.3) is 0 Å². The predicted molar refractivity (Wildman–Crippen MR) is 73.6 cm³/mol.